The number of pyridine rings is 1. The van der Waals surface area contributed by atoms with Crippen molar-refractivity contribution in [3.05, 3.63) is 24.4 Å². The lowest BCUT2D eigenvalue weighted by molar-refractivity contribution is 0.0585. The van der Waals surface area contributed by atoms with Crippen LogP contribution in [-0.2, 0) is 4.84 Å². The summed E-state index contributed by atoms with van der Waals surface area (Å²) in [5.41, 5.74) is 0. The first kappa shape index (κ1) is 16.8. The maximum Gasteiger partial charge on any atom is 0.152 e. The highest BCUT2D eigenvalue weighted by molar-refractivity contribution is 5.37. The van der Waals surface area contributed by atoms with E-state index in [0.717, 1.165) is 25.1 Å². The molecule has 1 aliphatic rings. The molecular formula is C18H27N3O. The first-order valence-corrected chi connectivity index (χ1v) is 8.43. The fourth-order valence-electron chi connectivity index (χ4n) is 3.40. The van der Waals surface area contributed by atoms with Gasteiger partial charge in [-0.2, -0.15) is 5.26 Å². The Bertz CT molecular complexity index is 483. The van der Waals surface area contributed by atoms with E-state index < -0.39 is 0 Å². The molecule has 3 atom stereocenters. The Morgan fingerprint density at radius 1 is 1.36 bits per heavy atom. The molecule has 1 aliphatic heterocycles. The largest absolute Gasteiger partial charge is 0.268 e. The number of rotatable bonds is 7. The number of nitriles is 1. The first-order valence-electron chi connectivity index (χ1n) is 8.43. The molecule has 2 heterocycles. The van der Waals surface area contributed by atoms with Crippen molar-refractivity contribution < 1.29 is 4.84 Å². The maximum absolute atomic E-state index is 8.98. The van der Waals surface area contributed by atoms with Gasteiger partial charge in [0.05, 0.1) is 18.2 Å². The Balaban J connectivity index is 2.24. The van der Waals surface area contributed by atoms with E-state index in [4.69, 9.17) is 10.1 Å². The number of anilines is 1. The monoisotopic (exact) mass is 301 g/mol. The van der Waals surface area contributed by atoms with Crippen molar-refractivity contribution in [3.8, 4) is 6.07 Å². The number of hydrogen-bond donors (Lipinski definition) is 0. The van der Waals surface area contributed by atoms with Crippen LogP contribution in [0.1, 0.15) is 52.9 Å². The van der Waals surface area contributed by atoms with Crippen molar-refractivity contribution in [1.82, 2.24) is 4.98 Å². The van der Waals surface area contributed by atoms with Crippen LogP contribution in [0, 0.1) is 23.2 Å². The summed E-state index contributed by atoms with van der Waals surface area (Å²) in [5, 5.41) is 11.0. The van der Waals surface area contributed by atoms with E-state index in [9.17, 15) is 0 Å². The highest BCUT2D eigenvalue weighted by Crippen LogP contribution is 2.39. The van der Waals surface area contributed by atoms with E-state index in [2.05, 4.69) is 31.8 Å². The number of hydrogen-bond acceptors (Lipinski definition) is 4. The Morgan fingerprint density at radius 2 is 2.18 bits per heavy atom. The van der Waals surface area contributed by atoms with Gasteiger partial charge < -0.3 is 0 Å². The summed E-state index contributed by atoms with van der Waals surface area (Å²) < 4.78 is 0. The van der Waals surface area contributed by atoms with Crippen molar-refractivity contribution in [2.24, 2.45) is 11.8 Å². The Morgan fingerprint density at radius 3 is 2.77 bits per heavy atom. The highest BCUT2D eigenvalue weighted by atomic mass is 16.7. The Hall–Kier alpha value is -1.60. The normalized spacial score (nSPS) is 24.7. The number of aromatic nitrogens is 1. The SMILES string of the molecule is CCCC[C@@H]1ON(c2ccccn2)[C@H](C(C)C)[C@H]1CCC#N. The maximum atomic E-state index is 8.98. The average Bonchev–Trinajstić information content (AvgIpc) is 2.90. The summed E-state index contributed by atoms with van der Waals surface area (Å²) in [6, 6.07) is 8.49. The second-order valence-electron chi connectivity index (χ2n) is 6.40. The van der Waals surface area contributed by atoms with Crippen LogP contribution in [0.25, 0.3) is 0 Å². The average molecular weight is 301 g/mol. The van der Waals surface area contributed by atoms with E-state index in [1.807, 2.05) is 23.3 Å². The third kappa shape index (κ3) is 3.78. The molecule has 120 valence electrons. The van der Waals surface area contributed by atoms with E-state index in [0.29, 0.717) is 18.3 Å². The molecule has 0 aliphatic carbocycles. The minimum Gasteiger partial charge on any atom is -0.268 e. The smallest absolute Gasteiger partial charge is 0.152 e. The van der Waals surface area contributed by atoms with Crippen LogP contribution in [-0.4, -0.2) is 17.1 Å². The molecule has 0 unspecified atom stereocenters. The number of nitrogens with zero attached hydrogens (tertiary/aromatic N) is 3. The van der Waals surface area contributed by atoms with E-state index >= 15 is 0 Å². The molecule has 0 saturated carbocycles. The van der Waals surface area contributed by atoms with Gasteiger partial charge in [0.1, 0.15) is 0 Å². The summed E-state index contributed by atoms with van der Waals surface area (Å²) in [6.45, 7) is 6.66. The summed E-state index contributed by atoms with van der Waals surface area (Å²) >= 11 is 0. The second kappa shape index (κ2) is 8.14. The van der Waals surface area contributed by atoms with Crippen LogP contribution in [0.15, 0.2) is 24.4 Å². The molecule has 0 aromatic carbocycles. The highest BCUT2D eigenvalue weighted by Gasteiger charge is 2.44. The van der Waals surface area contributed by atoms with Crippen LogP contribution in [0.2, 0.25) is 0 Å². The standard InChI is InChI=1S/C18H27N3O/c1-4-5-10-16-15(9-8-12-19)18(14(2)3)21(22-16)17-11-6-7-13-20-17/h6-7,11,13-16,18H,4-5,8-10H2,1-3H3/t15-,16-,18+/m0/s1. The molecular weight excluding hydrogens is 274 g/mol. The van der Waals surface area contributed by atoms with Gasteiger partial charge in [0.25, 0.3) is 0 Å². The van der Waals surface area contributed by atoms with Gasteiger partial charge >= 0.3 is 0 Å². The van der Waals surface area contributed by atoms with Crippen molar-refractivity contribution in [1.29, 1.82) is 5.26 Å². The molecule has 0 bridgehead atoms. The van der Waals surface area contributed by atoms with Crippen LogP contribution in [0.3, 0.4) is 0 Å². The minimum absolute atomic E-state index is 0.197. The van der Waals surface area contributed by atoms with E-state index in [1.54, 1.807) is 6.20 Å². The van der Waals surface area contributed by atoms with Crippen LogP contribution in [0.5, 0.6) is 0 Å². The molecule has 4 heteroatoms. The lowest BCUT2D eigenvalue weighted by Crippen LogP contribution is -2.37. The Kier molecular flexibility index (Phi) is 6.21. The zero-order valence-electron chi connectivity index (χ0n) is 13.9. The first-order chi connectivity index (χ1) is 10.7. The predicted octanol–water partition coefficient (Wildman–Crippen LogP) is 4.34. The molecule has 2 rings (SSSR count). The van der Waals surface area contributed by atoms with Gasteiger partial charge in [0.2, 0.25) is 0 Å². The molecule has 1 aromatic rings. The topological polar surface area (TPSA) is 49.1 Å². The fourth-order valence-corrected chi connectivity index (χ4v) is 3.40. The lowest BCUT2D eigenvalue weighted by atomic mass is 9.82. The quantitative estimate of drug-likeness (QED) is 0.752. The zero-order chi connectivity index (χ0) is 15.9. The Labute approximate surface area is 134 Å². The zero-order valence-corrected chi connectivity index (χ0v) is 13.9. The third-order valence-corrected chi connectivity index (χ3v) is 4.43. The molecule has 1 aromatic heterocycles. The van der Waals surface area contributed by atoms with Crippen molar-refractivity contribution in [2.75, 3.05) is 5.06 Å². The molecule has 0 spiro atoms. The molecule has 4 nitrogen and oxygen atoms in total. The summed E-state index contributed by atoms with van der Waals surface area (Å²) in [4.78, 5) is 10.8. The van der Waals surface area contributed by atoms with Crippen molar-refractivity contribution in [3.63, 3.8) is 0 Å². The summed E-state index contributed by atoms with van der Waals surface area (Å²) in [7, 11) is 0. The van der Waals surface area contributed by atoms with Gasteiger partial charge in [-0.15, -0.1) is 0 Å². The molecule has 0 amide bonds. The van der Waals surface area contributed by atoms with Crippen molar-refractivity contribution >= 4 is 5.82 Å². The minimum atomic E-state index is 0.197. The lowest BCUT2D eigenvalue weighted by Gasteiger charge is -2.29. The van der Waals surface area contributed by atoms with Gasteiger partial charge in [0, 0.05) is 18.5 Å². The summed E-state index contributed by atoms with van der Waals surface area (Å²) in [6.07, 6.45) is 6.88. The third-order valence-electron chi connectivity index (χ3n) is 4.43. The van der Waals surface area contributed by atoms with Gasteiger partial charge in [-0.05, 0) is 30.9 Å². The molecule has 0 N–H and O–H groups in total. The number of hydroxylamine groups is 1. The van der Waals surface area contributed by atoms with Crippen molar-refractivity contribution in [2.45, 2.75) is 65.0 Å². The van der Waals surface area contributed by atoms with Crippen LogP contribution >= 0.6 is 0 Å². The van der Waals surface area contributed by atoms with Gasteiger partial charge in [-0.25, -0.2) is 10.0 Å². The van der Waals surface area contributed by atoms with Gasteiger partial charge in [0.15, 0.2) is 5.82 Å². The summed E-state index contributed by atoms with van der Waals surface area (Å²) in [5.74, 6) is 1.73. The predicted molar refractivity (Wildman–Crippen MR) is 88.1 cm³/mol. The van der Waals surface area contributed by atoms with Gasteiger partial charge in [-0.3, -0.25) is 4.84 Å². The number of unbranched alkanes of at least 4 members (excludes halogenated alkanes) is 1. The molecule has 1 fully saturated rings. The fraction of sp³-hybridized carbons (Fsp3) is 0.667. The van der Waals surface area contributed by atoms with Crippen LogP contribution < -0.4 is 5.06 Å². The van der Waals surface area contributed by atoms with Gasteiger partial charge in [-0.1, -0.05) is 39.7 Å². The molecule has 1 saturated heterocycles. The second-order valence-corrected chi connectivity index (χ2v) is 6.40. The molecule has 22 heavy (non-hydrogen) atoms. The van der Waals surface area contributed by atoms with E-state index in [1.165, 1.54) is 6.42 Å². The molecule has 0 radical (unpaired) electrons. The van der Waals surface area contributed by atoms with Crippen LogP contribution in [0.4, 0.5) is 5.82 Å². The van der Waals surface area contributed by atoms with E-state index in [-0.39, 0.29) is 12.1 Å².